The Hall–Kier alpha value is -1.04. The van der Waals surface area contributed by atoms with Gasteiger partial charge in [-0.25, -0.2) is 4.98 Å². The Morgan fingerprint density at radius 2 is 2.29 bits per heavy atom. The summed E-state index contributed by atoms with van der Waals surface area (Å²) in [6.07, 6.45) is 3.33. The van der Waals surface area contributed by atoms with Crippen LogP contribution in [0.15, 0.2) is 12.1 Å². The van der Waals surface area contributed by atoms with Gasteiger partial charge in [0.2, 0.25) is 5.91 Å². The quantitative estimate of drug-likeness (QED) is 0.784. The molecule has 1 aliphatic heterocycles. The van der Waals surface area contributed by atoms with E-state index in [1.807, 2.05) is 13.0 Å². The predicted octanol–water partition coefficient (Wildman–Crippen LogP) is 1.57. The molecule has 2 heterocycles. The topological polar surface area (TPSA) is 80.0 Å². The van der Waals surface area contributed by atoms with E-state index in [1.54, 1.807) is 6.07 Å². The number of pyridine rings is 1. The number of aryl methyl sites for hydroxylation is 1. The van der Waals surface area contributed by atoms with E-state index in [0.717, 1.165) is 24.2 Å². The summed E-state index contributed by atoms with van der Waals surface area (Å²) in [7, 11) is 0. The van der Waals surface area contributed by atoms with Crippen molar-refractivity contribution in [3.05, 3.63) is 23.4 Å². The van der Waals surface area contributed by atoms with Crippen molar-refractivity contribution >= 4 is 36.5 Å². The van der Waals surface area contributed by atoms with E-state index in [2.05, 4.69) is 15.6 Å². The van der Waals surface area contributed by atoms with Gasteiger partial charge in [-0.3, -0.25) is 4.79 Å². The molecule has 1 saturated carbocycles. The molecule has 1 amide bonds. The number of nitrogens with one attached hydrogen (secondary N) is 2. The second-order valence-electron chi connectivity index (χ2n) is 5.60. The van der Waals surface area contributed by atoms with Crippen molar-refractivity contribution in [1.82, 2.24) is 15.6 Å². The van der Waals surface area contributed by atoms with Crippen molar-refractivity contribution in [3.8, 4) is 0 Å². The highest BCUT2D eigenvalue weighted by Crippen LogP contribution is 2.48. The number of rotatable bonds is 3. The normalized spacial score (nSPS) is 25.9. The maximum atomic E-state index is 12.3. The zero-order valence-corrected chi connectivity index (χ0v) is 13.6. The van der Waals surface area contributed by atoms with Crippen LogP contribution in [0.1, 0.15) is 30.5 Å². The first-order valence-corrected chi connectivity index (χ1v) is 6.87. The minimum absolute atomic E-state index is 0. The van der Waals surface area contributed by atoms with Crippen LogP contribution in [-0.4, -0.2) is 23.0 Å². The number of nitrogens with two attached hydrogens (primary N) is 1. The predicted molar refractivity (Wildman–Crippen MR) is 87.8 cm³/mol. The molecular formula is C14H22Cl2N4O. The lowest BCUT2D eigenvalue weighted by atomic mass is 10.0. The number of nitrogen functional groups attached to an aromatic ring is 1. The van der Waals surface area contributed by atoms with Gasteiger partial charge >= 0.3 is 0 Å². The number of aromatic nitrogens is 1. The van der Waals surface area contributed by atoms with Crippen LogP contribution in [0.4, 0.5) is 5.82 Å². The number of halogens is 2. The molecule has 0 bridgehead atoms. The molecule has 0 aromatic carbocycles. The Morgan fingerprint density at radius 1 is 1.52 bits per heavy atom. The van der Waals surface area contributed by atoms with Crippen LogP contribution < -0.4 is 16.4 Å². The summed E-state index contributed by atoms with van der Waals surface area (Å²) in [5.41, 5.74) is 7.25. The Morgan fingerprint density at radius 3 is 2.95 bits per heavy atom. The smallest absolute Gasteiger partial charge is 0.240 e. The highest BCUT2D eigenvalue weighted by atomic mass is 35.5. The number of hydrogen-bond donors (Lipinski definition) is 3. The summed E-state index contributed by atoms with van der Waals surface area (Å²) in [5, 5.41) is 6.41. The van der Waals surface area contributed by atoms with E-state index < -0.39 is 0 Å². The third-order valence-electron chi connectivity index (χ3n) is 4.34. The van der Waals surface area contributed by atoms with E-state index in [0.29, 0.717) is 18.3 Å². The van der Waals surface area contributed by atoms with Crippen LogP contribution in [0.3, 0.4) is 0 Å². The van der Waals surface area contributed by atoms with Crippen LogP contribution >= 0.6 is 24.8 Å². The lowest BCUT2D eigenvalue weighted by Crippen LogP contribution is -2.50. The number of nitrogens with zero attached hydrogens (tertiary/aromatic N) is 1. The first kappa shape index (κ1) is 18.0. The fourth-order valence-corrected chi connectivity index (χ4v) is 3.04. The van der Waals surface area contributed by atoms with Crippen molar-refractivity contribution in [1.29, 1.82) is 0 Å². The molecule has 1 aromatic heterocycles. The van der Waals surface area contributed by atoms with Gasteiger partial charge in [-0.15, -0.1) is 24.8 Å². The molecule has 2 fully saturated rings. The molecule has 21 heavy (non-hydrogen) atoms. The SMILES string of the molecule is Cc1nc(N)ccc1CNC(=O)[C@]12C[C@H]1CCCN2.Cl.Cl. The van der Waals surface area contributed by atoms with Crippen molar-refractivity contribution < 1.29 is 4.79 Å². The van der Waals surface area contributed by atoms with Crippen LogP contribution in [0.2, 0.25) is 0 Å². The molecule has 5 nitrogen and oxygen atoms in total. The Bertz CT molecular complexity index is 526. The fourth-order valence-electron chi connectivity index (χ4n) is 3.04. The Labute approximate surface area is 137 Å². The minimum atomic E-state index is -0.270. The molecule has 2 atom stereocenters. The first-order valence-electron chi connectivity index (χ1n) is 6.87. The van der Waals surface area contributed by atoms with E-state index in [9.17, 15) is 4.79 Å². The summed E-state index contributed by atoms with van der Waals surface area (Å²) in [6.45, 7) is 3.38. The van der Waals surface area contributed by atoms with Crippen molar-refractivity contribution in [2.24, 2.45) is 5.92 Å². The summed E-state index contributed by atoms with van der Waals surface area (Å²) in [6, 6.07) is 3.69. The van der Waals surface area contributed by atoms with Gasteiger partial charge in [-0.1, -0.05) is 6.07 Å². The van der Waals surface area contributed by atoms with Gasteiger partial charge in [-0.05, 0) is 50.3 Å². The molecule has 0 unspecified atom stereocenters. The molecule has 1 aromatic rings. The third kappa shape index (κ3) is 3.42. The summed E-state index contributed by atoms with van der Waals surface area (Å²) in [5.74, 6) is 1.18. The molecule has 118 valence electrons. The molecule has 4 N–H and O–H groups in total. The highest BCUT2D eigenvalue weighted by Gasteiger charge is 2.60. The monoisotopic (exact) mass is 332 g/mol. The van der Waals surface area contributed by atoms with Crippen LogP contribution in [0.5, 0.6) is 0 Å². The molecule has 2 aliphatic rings. The van der Waals surface area contributed by atoms with Gasteiger partial charge in [0.25, 0.3) is 0 Å². The number of hydrogen-bond acceptors (Lipinski definition) is 4. The van der Waals surface area contributed by atoms with Crippen LogP contribution in [0, 0.1) is 12.8 Å². The lowest BCUT2D eigenvalue weighted by molar-refractivity contribution is -0.125. The molecule has 7 heteroatoms. The second-order valence-corrected chi connectivity index (χ2v) is 5.60. The van der Waals surface area contributed by atoms with Gasteiger partial charge in [0.1, 0.15) is 11.4 Å². The van der Waals surface area contributed by atoms with E-state index in [4.69, 9.17) is 5.73 Å². The zero-order chi connectivity index (χ0) is 13.5. The number of amides is 1. The van der Waals surface area contributed by atoms with Crippen molar-refractivity contribution in [2.45, 2.75) is 38.3 Å². The van der Waals surface area contributed by atoms with Gasteiger partial charge < -0.3 is 16.4 Å². The minimum Gasteiger partial charge on any atom is -0.384 e. The van der Waals surface area contributed by atoms with Gasteiger partial charge in [0.05, 0.1) is 0 Å². The summed E-state index contributed by atoms with van der Waals surface area (Å²) in [4.78, 5) is 16.5. The molecule has 3 rings (SSSR count). The number of fused-ring (bicyclic) bond motifs is 1. The zero-order valence-electron chi connectivity index (χ0n) is 12.0. The van der Waals surface area contributed by atoms with Crippen LogP contribution in [-0.2, 0) is 11.3 Å². The average molecular weight is 333 g/mol. The molecular weight excluding hydrogens is 311 g/mol. The summed E-state index contributed by atoms with van der Waals surface area (Å²) < 4.78 is 0. The Kier molecular flexibility index (Phi) is 5.84. The van der Waals surface area contributed by atoms with Crippen molar-refractivity contribution in [2.75, 3.05) is 12.3 Å². The van der Waals surface area contributed by atoms with Gasteiger partial charge in [0.15, 0.2) is 0 Å². The molecule has 0 spiro atoms. The Balaban J connectivity index is 0.00000110. The first-order chi connectivity index (χ1) is 9.12. The van der Waals surface area contributed by atoms with Crippen molar-refractivity contribution in [3.63, 3.8) is 0 Å². The average Bonchev–Trinajstić information content (AvgIpc) is 3.13. The number of carbonyl (C=O) groups is 1. The van der Waals surface area contributed by atoms with Gasteiger partial charge in [-0.2, -0.15) is 0 Å². The summed E-state index contributed by atoms with van der Waals surface area (Å²) >= 11 is 0. The van der Waals surface area contributed by atoms with E-state index >= 15 is 0 Å². The fraction of sp³-hybridized carbons (Fsp3) is 0.571. The maximum absolute atomic E-state index is 12.3. The largest absolute Gasteiger partial charge is 0.384 e. The lowest BCUT2D eigenvalue weighted by Gasteiger charge is -2.23. The van der Waals surface area contributed by atoms with E-state index in [1.165, 1.54) is 12.8 Å². The number of anilines is 1. The highest BCUT2D eigenvalue weighted by molar-refractivity contribution is 5.90. The van der Waals surface area contributed by atoms with Crippen LogP contribution in [0.25, 0.3) is 0 Å². The van der Waals surface area contributed by atoms with Gasteiger partial charge in [0, 0.05) is 12.2 Å². The standard InChI is InChI=1S/C14H20N4O.2ClH/c1-9-10(4-5-12(15)18-9)8-16-13(19)14-7-11(14)3-2-6-17-14;;/h4-5,11,17H,2-3,6-8H2,1H3,(H2,15,18)(H,16,19);2*1H/t11-,14+;;/m1../s1. The molecule has 1 saturated heterocycles. The number of piperidine rings is 1. The third-order valence-corrected chi connectivity index (χ3v) is 4.34. The number of carbonyl (C=O) groups excluding carboxylic acids is 1. The maximum Gasteiger partial charge on any atom is 0.240 e. The molecule has 0 radical (unpaired) electrons. The molecule has 1 aliphatic carbocycles. The second kappa shape index (κ2) is 6.81. The van der Waals surface area contributed by atoms with E-state index in [-0.39, 0.29) is 36.3 Å².